The minimum Gasteiger partial charge on any atom is -0.543 e. The molecule has 1 unspecified atom stereocenters. The number of hydrogen-bond donors (Lipinski definition) is 2. The van der Waals surface area contributed by atoms with Gasteiger partial charge in [-0.15, -0.1) is 0 Å². The highest BCUT2D eigenvalue weighted by atomic mass is 31.2. The first-order valence-electron chi connectivity index (χ1n) is 3.85. The molecule has 0 aromatic heterocycles. The number of allylic oxidation sites excluding steroid dienone is 1. The summed E-state index contributed by atoms with van der Waals surface area (Å²) in [6.07, 6.45) is 1.80. The number of rotatable bonds is 2. The lowest BCUT2D eigenvalue weighted by Crippen LogP contribution is -2.77. The molecule has 2 atom stereocenters. The third-order valence-corrected chi connectivity index (χ3v) is 3.63. The Morgan fingerprint density at radius 2 is 2.38 bits per heavy atom. The highest BCUT2D eigenvalue weighted by molar-refractivity contribution is 7.61. The third-order valence-electron chi connectivity index (χ3n) is 2.21. The van der Waals surface area contributed by atoms with E-state index in [0.717, 1.165) is 0 Å². The van der Waals surface area contributed by atoms with Crippen LogP contribution >= 0.6 is 7.37 Å². The van der Waals surface area contributed by atoms with Crippen LogP contribution < -0.4 is 10.8 Å². The van der Waals surface area contributed by atoms with Crippen LogP contribution in [0, 0.1) is 0 Å². The summed E-state index contributed by atoms with van der Waals surface area (Å²) >= 11 is 0. The van der Waals surface area contributed by atoms with Gasteiger partial charge in [0, 0.05) is 18.4 Å². The number of carbonyl (C=O) groups excluding carboxylic acids is 1. The molecule has 0 fully saturated rings. The number of carboxylic acid groups (broad SMARTS) is 1. The summed E-state index contributed by atoms with van der Waals surface area (Å²) in [6.45, 7) is 1.19. The molecule has 5 nitrogen and oxygen atoms in total. The minimum absolute atomic E-state index is 0.239. The van der Waals surface area contributed by atoms with Crippen molar-refractivity contribution in [3.05, 3.63) is 11.4 Å². The molecule has 0 saturated heterocycles. The number of aliphatic carboxylic acids is 1. The van der Waals surface area contributed by atoms with E-state index in [9.17, 15) is 19.4 Å². The van der Waals surface area contributed by atoms with Crippen LogP contribution in [-0.4, -0.2) is 23.1 Å². The highest BCUT2D eigenvalue weighted by Crippen LogP contribution is 2.51. The molecule has 0 heterocycles. The van der Waals surface area contributed by atoms with Crippen LogP contribution in [-0.2, 0) is 9.36 Å². The Morgan fingerprint density at radius 1 is 1.85 bits per heavy atom. The SMILES string of the molecule is CP(=O)(O)C1=C[C@@]([NH3+])(C(=O)[O-])CC1. The second kappa shape index (κ2) is 2.94. The molecule has 6 heteroatoms. The van der Waals surface area contributed by atoms with Crippen LogP contribution in [0.3, 0.4) is 0 Å². The fourth-order valence-electron chi connectivity index (χ4n) is 1.30. The van der Waals surface area contributed by atoms with Crippen LogP contribution in [0.1, 0.15) is 12.8 Å². The molecule has 0 bridgehead atoms. The van der Waals surface area contributed by atoms with E-state index in [4.69, 9.17) is 0 Å². The Morgan fingerprint density at radius 3 is 2.62 bits per heavy atom. The predicted molar refractivity (Wildman–Crippen MR) is 43.7 cm³/mol. The van der Waals surface area contributed by atoms with E-state index >= 15 is 0 Å². The summed E-state index contributed by atoms with van der Waals surface area (Å²) in [7, 11) is -3.30. The third kappa shape index (κ3) is 1.99. The van der Waals surface area contributed by atoms with Gasteiger partial charge in [-0.3, -0.25) is 4.57 Å². The Bertz CT molecular complexity index is 318. The Balaban J connectivity index is 2.99. The first-order chi connectivity index (χ1) is 5.76. The number of quaternary nitrogens is 1. The summed E-state index contributed by atoms with van der Waals surface area (Å²) in [5, 5.41) is 10.9. The second-order valence-electron chi connectivity index (χ2n) is 3.46. The van der Waals surface area contributed by atoms with Crippen molar-refractivity contribution in [2.45, 2.75) is 18.4 Å². The maximum Gasteiger partial charge on any atom is 0.222 e. The van der Waals surface area contributed by atoms with E-state index in [1.807, 2.05) is 0 Å². The fourth-order valence-corrected chi connectivity index (χ4v) is 2.32. The van der Waals surface area contributed by atoms with Gasteiger partial charge in [0.25, 0.3) is 0 Å². The number of carboxylic acids is 1. The molecule has 4 N–H and O–H groups in total. The monoisotopic (exact) mass is 205 g/mol. The molecule has 13 heavy (non-hydrogen) atoms. The maximum atomic E-state index is 11.2. The van der Waals surface area contributed by atoms with Gasteiger partial charge < -0.3 is 20.5 Å². The van der Waals surface area contributed by atoms with Crippen LogP contribution in [0.2, 0.25) is 0 Å². The maximum absolute atomic E-state index is 11.2. The van der Waals surface area contributed by atoms with Crippen molar-refractivity contribution in [1.29, 1.82) is 0 Å². The molecule has 1 aliphatic rings. The first-order valence-corrected chi connectivity index (χ1v) is 5.96. The van der Waals surface area contributed by atoms with E-state index in [2.05, 4.69) is 5.73 Å². The van der Waals surface area contributed by atoms with Crippen LogP contribution in [0.15, 0.2) is 11.4 Å². The highest BCUT2D eigenvalue weighted by Gasteiger charge is 2.38. The van der Waals surface area contributed by atoms with E-state index in [1.165, 1.54) is 12.7 Å². The predicted octanol–water partition coefficient (Wildman–Crippen LogP) is -1.71. The van der Waals surface area contributed by atoms with E-state index in [1.54, 1.807) is 0 Å². The zero-order valence-electron chi connectivity index (χ0n) is 7.32. The van der Waals surface area contributed by atoms with Crippen molar-refractivity contribution in [1.82, 2.24) is 0 Å². The molecule has 1 rings (SSSR count). The van der Waals surface area contributed by atoms with Crippen molar-refractivity contribution in [2.24, 2.45) is 0 Å². The Hall–Kier alpha value is -0.640. The van der Waals surface area contributed by atoms with E-state index in [0.29, 0.717) is 6.42 Å². The summed E-state index contributed by atoms with van der Waals surface area (Å²) in [6, 6.07) is 0. The Labute approximate surface area is 75.7 Å². The average molecular weight is 205 g/mol. The molecule has 1 aliphatic carbocycles. The van der Waals surface area contributed by atoms with Gasteiger partial charge in [-0.05, 0) is 12.5 Å². The lowest BCUT2D eigenvalue weighted by atomic mass is 10.0. The van der Waals surface area contributed by atoms with Crippen molar-refractivity contribution >= 4 is 13.3 Å². The quantitative estimate of drug-likeness (QED) is 0.524. The van der Waals surface area contributed by atoms with Gasteiger partial charge in [-0.2, -0.15) is 0 Å². The van der Waals surface area contributed by atoms with Gasteiger partial charge in [0.15, 0.2) is 5.54 Å². The van der Waals surface area contributed by atoms with Crippen LogP contribution in [0.25, 0.3) is 0 Å². The zero-order valence-corrected chi connectivity index (χ0v) is 8.21. The topological polar surface area (TPSA) is 105 Å². The molecule has 74 valence electrons. The second-order valence-corrected chi connectivity index (χ2v) is 5.79. The summed E-state index contributed by atoms with van der Waals surface area (Å²) in [5.74, 6) is -1.30. The molecule has 0 spiro atoms. The molecule has 0 aromatic rings. The van der Waals surface area contributed by atoms with Gasteiger partial charge in [-0.25, -0.2) is 0 Å². The van der Waals surface area contributed by atoms with Gasteiger partial charge in [-0.1, -0.05) is 0 Å². The normalized spacial score (nSPS) is 32.4. The lowest BCUT2D eigenvalue weighted by molar-refractivity contribution is -0.469. The lowest BCUT2D eigenvalue weighted by Gasteiger charge is -2.17. The smallest absolute Gasteiger partial charge is 0.222 e. The molecule has 0 amide bonds. The van der Waals surface area contributed by atoms with Crippen molar-refractivity contribution < 1.29 is 25.1 Å². The molecular formula is C7H12NO4P. The van der Waals surface area contributed by atoms with Crippen LogP contribution in [0.4, 0.5) is 0 Å². The molecule has 0 radical (unpaired) electrons. The summed E-state index contributed by atoms with van der Waals surface area (Å²) in [4.78, 5) is 19.8. The van der Waals surface area contributed by atoms with Crippen molar-refractivity contribution in [2.75, 3.05) is 6.66 Å². The summed E-state index contributed by atoms with van der Waals surface area (Å²) in [5.41, 5.74) is 2.15. The fraction of sp³-hybridized carbons (Fsp3) is 0.571. The molecule has 0 aromatic carbocycles. The number of carbonyl (C=O) groups is 1. The minimum atomic E-state index is -3.30. The average Bonchev–Trinajstić information content (AvgIpc) is 2.31. The van der Waals surface area contributed by atoms with Crippen LogP contribution in [0.5, 0.6) is 0 Å². The van der Waals surface area contributed by atoms with Crippen molar-refractivity contribution in [3.63, 3.8) is 0 Å². The van der Waals surface area contributed by atoms with E-state index < -0.39 is 18.9 Å². The van der Waals surface area contributed by atoms with Gasteiger partial charge in [0.2, 0.25) is 7.37 Å². The first kappa shape index (κ1) is 10.4. The summed E-state index contributed by atoms with van der Waals surface area (Å²) < 4.78 is 11.2. The number of hydrogen-bond acceptors (Lipinski definition) is 3. The van der Waals surface area contributed by atoms with Gasteiger partial charge in [0.1, 0.15) is 5.97 Å². The Kier molecular flexibility index (Phi) is 2.36. The van der Waals surface area contributed by atoms with E-state index in [-0.39, 0.29) is 11.7 Å². The largest absolute Gasteiger partial charge is 0.543 e. The zero-order chi connectivity index (χ0) is 10.3. The molecular weight excluding hydrogens is 193 g/mol. The van der Waals surface area contributed by atoms with Crippen molar-refractivity contribution in [3.8, 4) is 0 Å². The van der Waals surface area contributed by atoms with Gasteiger partial charge >= 0.3 is 0 Å². The van der Waals surface area contributed by atoms with Gasteiger partial charge in [0.05, 0.1) is 0 Å². The molecule has 0 saturated carbocycles. The molecule has 0 aliphatic heterocycles. The standard InChI is InChI=1S/C7H12NO4P/c1-13(11,12)5-2-3-7(8,4-5)6(9)10/h4H,2-3,8H2,1H3,(H,9,10)(H,11,12)/t7-/m1/s1.